The second kappa shape index (κ2) is 5.37. The Kier molecular flexibility index (Phi) is 5.37. The van der Waals surface area contributed by atoms with E-state index in [1.165, 1.54) is 19.3 Å². The lowest BCUT2D eigenvalue weighted by atomic mass is 9.62. The highest BCUT2D eigenvalue weighted by atomic mass is 14.4. The summed E-state index contributed by atoms with van der Waals surface area (Å²) in [7, 11) is 0. The third-order valence-electron chi connectivity index (χ3n) is 5.21. The van der Waals surface area contributed by atoms with Gasteiger partial charge in [-0.25, -0.2) is 0 Å². The molecule has 0 aliphatic heterocycles. The SMILES string of the molecule is CCC(C)(CC(C)(CC)C(C)C)C(C)C. The quantitative estimate of drug-likeness (QED) is 0.543. The molecule has 0 aromatic rings. The van der Waals surface area contributed by atoms with E-state index in [-0.39, 0.29) is 0 Å². The van der Waals surface area contributed by atoms with Gasteiger partial charge in [-0.05, 0) is 29.1 Å². The summed E-state index contributed by atoms with van der Waals surface area (Å²) < 4.78 is 0. The van der Waals surface area contributed by atoms with Crippen LogP contribution in [0.1, 0.15) is 74.7 Å². The second-order valence-electron chi connectivity index (χ2n) is 6.50. The molecule has 0 rings (SSSR count). The lowest BCUT2D eigenvalue weighted by Crippen LogP contribution is -2.34. The van der Waals surface area contributed by atoms with Gasteiger partial charge in [0.15, 0.2) is 0 Å². The Bertz CT molecular complexity index is 160. The standard InChI is InChI=1S/C15H32/c1-9-14(7,12(3)4)11-15(8,10-2)13(5)6/h12-13H,9-11H2,1-8H3. The van der Waals surface area contributed by atoms with Crippen LogP contribution >= 0.6 is 0 Å². The van der Waals surface area contributed by atoms with Gasteiger partial charge in [-0.2, -0.15) is 0 Å². The van der Waals surface area contributed by atoms with Crippen LogP contribution in [0.15, 0.2) is 0 Å². The molecule has 0 heterocycles. The van der Waals surface area contributed by atoms with Crippen molar-refractivity contribution in [2.75, 3.05) is 0 Å². The van der Waals surface area contributed by atoms with E-state index < -0.39 is 0 Å². The predicted octanol–water partition coefficient (Wildman–Crippen LogP) is 5.52. The maximum Gasteiger partial charge on any atom is -0.0300 e. The first-order chi connectivity index (χ1) is 6.72. The largest absolute Gasteiger partial charge is 0.0649 e. The molecular formula is C15H32. The van der Waals surface area contributed by atoms with E-state index in [9.17, 15) is 0 Å². The van der Waals surface area contributed by atoms with E-state index in [2.05, 4.69) is 55.4 Å². The Morgan fingerprint density at radius 2 is 1.00 bits per heavy atom. The average Bonchev–Trinajstić information content (AvgIpc) is 2.16. The first-order valence-electron chi connectivity index (χ1n) is 6.72. The van der Waals surface area contributed by atoms with Gasteiger partial charge in [0.1, 0.15) is 0 Å². The van der Waals surface area contributed by atoms with Crippen molar-refractivity contribution in [1.29, 1.82) is 0 Å². The van der Waals surface area contributed by atoms with Gasteiger partial charge < -0.3 is 0 Å². The van der Waals surface area contributed by atoms with Crippen LogP contribution < -0.4 is 0 Å². The fourth-order valence-corrected chi connectivity index (χ4v) is 2.40. The zero-order chi connectivity index (χ0) is 12.3. The Balaban J connectivity index is 4.79. The highest BCUT2D eigenvalue weighted by molar-refractivity contribution is 4.87. The molecule has 0 aromatic carbocycles. The highest BCUT2D eigenvalue weighted by Gasteiger charge is 2.36. The van der Waals surface area contributed by atoms with Gasteiger partial charge in [-0.3, -0.25) is 0 Å². The van der Waals surface area contributed by atoms with Crippen molar-refractivity contribution in [2.24, 2.45) is 22.7 Å². The molecule has 0 aromatic heterocycles. The first kappa shape index (κ1) is 15.0. The van der Waals surface area contributed by atoms with Crippen molar-refractivity contribution in [1.82, 2.24) is 0 Å². The van der Waals surface area contributed by atoms with Gasteiger partial charge in [0.25, 0.3) is 0 Å². The minimum Gasteiger partial charge on any atom is -0.0649 e. The molecule has 15 heavy (non-hydrogen) atoms. The predicted molar refractivity (Wildman–Crippen MR) is 71.1 cm³/mol. The second-order valence-corrected chi connectivity index (χ2v) is 6.50. The van der Waals surface area contributed by atoms with Crippen molar-refractivity contribution in [3.63, 3.8) is 0 Å². The van der Waals surface area contributed by atoms with Crippen LogP contribution in [0, 0.1) is 22.7 Å². The van der Waals surface area contributed by atoms with Crippen molar-refractivity contribution in [3.8, 4) is 0 Å². The summed E-state index contributed by atoms with van der Waals surface area (Å²) in [6, 6.07) is 0. The first-order valence-corrected chi connectivity index (χ1v) is 6.72. The maximum atomic E-state index is 2.47. The lowest BCUT2D eigenvalue weighted by molar-refractivity contribution is 0.0657. The summed E-state index contributed by atoms with van der Waals surface area (Å²) in [5.74, 6) is 1.57. The third-order valence-corrected chi connectivity index (χ3v) is 5.21. The van der Waals surface area contributed by atoms with Gasteiger partial charge in [0.2, 0.25) is 0 Å². The summed E-state index contributed by atoms with van der Waals surface area (Å²) in [5.41, 5.74) is 1.02. The molecule has 2 unspecified atom stereocenters. The van der Waals surface area contributed by atoms with E-state index in [4.69, 9.17) is 0 Å². The summed E-state index contributed by atoms with van der Waals surface area (Å²) in [4.78, 5) is 0. The molecule has 2 atom stereocenters. The molecule has 0 saturated carbocycles. The van der Waals surface area contributed by atoms with E-state index in [0.717, 1.165) is 11.8 Å². The fourth-order valence-electron chi connectivity index (χ4n) is 2.40. The Morgan fingerprint density at radius 1 is 0.733 bits per heavy atom. The third kappa shape index (κ3) is 3.50. The van der Waals surface area contributed by atoms with Crippen molar-refractivity contribution in [2.45, 2.75) is 74.7 Å². The fraction of sp³-hybridized carbons (Fsp3) is 1.00. The zero-order valence-corrected chi connectivity index (χ0v) is 12.3. The molecule has 0 aliphatic carbocycles. The Labute approximate surface area is 97.8 Å². The molecule has 92 valence electrons. The van der Waals surface area contributed by atoms with Gasteiger partial charge in [-0.15, -0.1) is 0 Å². The molecule has 0 nitrogen and oxygen atoms in total. The molecule has 0 N–H and O–H groups in total. The van der Waals surface area contributed by atoms with Gasteiger partial charge in [0, 0.05) is 0 Å². The lowest BCUT2D eigenvalue weighted by Gasteiger charge is -2.44. The molecule has 0 saturated heterocycles. The zero-order valence-electron chi connectivity index (χ0n) is 12.3. The van der Waals surface area contributed by atoms with E-state index in [0.29, 0.717) is 10.8 Å². The van der Waals surface area contributed by atoms with E-state index in [1.54, 1.807) is 0 Å². The van der Waals surface area contributed by atoms with Gasteiger partial charge in [-0.1, -0.05) is 68.2 Å². The Morgan fingerprint density at radius 3 is 1.13 bits per heavy atom. The average molecular weight is 212 g/mol. The minimum absolute atomic E-state index is 0.509. The summed E-state index contributed by atoms with van der Waals surface area (Å²) in [5, 5.41) is 0. The molecule has 0 heteroatoms. The number of hydrogen-bond acceptors (Lipinski definition) is 0. The Hall–Kier alpha value is 0. The van der Waals surface area contributed by atoms with Crippen molar-refractivity contribution in [3.05, 3.63) is 0 Å². The summed E-state index contributed by atoms with van der Waals surface area (Å²) in [6.45, 7) is 19.1. The molecule has 0 fully saturated rings. The maximum absolute atomic E-state index is 2.47. The summed E-state index contributed by atoms with van der Waals surface area (Å²) in [6.07, 6.45) is 3.96. The van der Waals surface area contributed by atoms with E-state index in [1.807, 2.05) is 0 Å². The van der Waals surface area contributed by atoms with Crippen LogP contribution in [-0.2, 0) is 0 Å². The van der Waals surface area contributed by atoms with Crippen LogP contribution in [-0.4, -0.2) is 0 Å². The number of rotatable bonds is 6. The van der Waals surface area contributed by atoms with Crippen molar-refractivity contribution < 1.29 is 0 Å². The van der Waals surface area contributed by atoms with Crippen LogP contribution in [0.2, 0.25) is 0 Å². The normalized spacial score (nSPS) is 20.4. The minimum atomic E-state index is 0.509. The molecule has 0 aliphatic rings. The molecule has 0 amide bonds. The number of hydrogen-bond donors (Lipinski definition) is 0. The van der Waals surface area contributed by atoms with Gasteiger partial charge in [0.05, 0.1) is 0 Å². The topological polar surface area (TPSA) is 0 Å². The molecular weight excluding hydrogens is 180 g/mol. The highest BCUT2D eigenvalue weighted by Crippen LogP contribution is 2.47. The smallest absolute Gasteiger partial charge is 0.0300 e. The van der Waals surface area contributed by atoms with Crippen molar-refractivity contribution >= 4 is 0 Å². The van der Waals surface area contributed by atoms with Crippen LogP contribution in [0.5, 0.6) is 0 Å². The van der Waals surface area contributed by atoms with Gasteiger partial charge >= 0.3 is 0 Å². The summed E-state index contributed by atoms with van der Waals surface area (Å²) >= 11 is 0. The monoisotopic (exact) mass is 212 g/mol. The molecule has 0 radical (unpaired) electrons. The van der Waals surface area contributed by atoms with Crippen LogP contribution in [0.3, 0.4) is 0 Å². The van der Waals surface area contributed by atoms with Crippen LogP contribution in [0.4, 0.5) is 0 Å². The van der Waals surface area contributed by atoms with Crippen LogP contribution in [0.25, 0.3) is 0 Å². The van der Waals surface area contributed by atoms with E-state index >= 15 is 0 Å². The molecule has 0 spiro atoms. The molecule has 0 bridgehead atoms.